The van der Waals surface area contributed by atoms with Gasteiger partial charge in [0.15, 0.2) is 5.13 Å². The summed E-state index contributed by atoms with van der Waals surface area (Å²) in [5.74, 6) is 1.63. The third-order valence-electron chi connectivity index (χ3n) is 5.17. The molecule has 3 aromatic carbocycles. The molecule has 1 heterocycles. The van der Waals surface area contributed by atoms with Gasteiger partial charge in [-0.25, -0.2) is 4.98 Å². The molecule has 0 spiro atoms. The van der Waals surface area contributed by atoms with Gasteiger partial charge in [0, 0.05) is 17.1 Å². The van der Waals surface area contributed by atoms with Gasteiger partial charge >= 0.3 is 0 Å². The van der Waals surface area contributed by atoms with Gasteiger partial charge in [0.25, 0.3) is 0 Å². The molecule has 4 nitrogen and oxygen atoms in total. The zero-order valence-electron chi connectivity index (χ0n) is 18.5. The van der Waals surface area contributed by atoms with Gasteiger partial charge in [-0.3, -0.25) is 9.69 Å². The number of aromatic nitrogens is 1. The molecule has 164 valence electrons. The predicted octanol–water partition coefficient (Wildman–Crippen LogP) is 6.64. The number of anilines is 1. The summed E-state index contributed by atoms with van der Waals surface area (Å²) in [5.41, 5.74) is 4.44. The predicted molar refractivity (Wildman–Crippen MR) is 135 cm³/mol. The first-order valence-corrected chi connectivity index (χ1v) is 12.3. The molecule has 0 aliphatic heterocycles. The lowest BCUT2D eigenvalue weighted by molar-refractivity contribution is -0.118. The first-order chi connectivity index (χ1) is 15.5. The minimum atomic E-state index is 0.0864. The van der Waals surface area contributed by atoms with Gasteiger partial charge in [0.1, 0.15) is 5.75 Å². The summed E-state index contributed by atoms with van der Waals surface area (Å²) in [6, 6.07) is 22.3. The Labute approximate surface area is 197 Å². The normalized spacial score (nSPS) is 11.0. The van der Waals surface area contributed by atoms with Crippen LogP contribution in [0.15, 0.2) is 71.6 Å². The number of hydrogen-bond acceptors (Lipinski definition) is 5. The highest BCUT2D eigenvalue weighted by atomic mass is 32.2. The lowest BCUT2D eigenvalue weighted by atomic mass is 10.1. The molecule has 0 fully saturated rings. The fraction of sp³-hybridized carbons (Fsp3) is 0.231. The number of amides is 1. The largest absolute Gasteiger partial charge is 0.497 e. The van der Waals surface area contributed by atoms with Gasteiger partial charge in [-0.2, -0.15) is 0 Å². The summed E-state index contributed by atoms with van der Waals surface area (Å²) in [7, 11) is 1.66. The van der Waals surface area contributed by atoms with Crippen molar-refractivity contribution in [1.82, 2.24) is 4.98 Å². The third kappa shape index (κ3) is 5.31. The molecule has 0 bridgehead atoms. The van der Waals surface area contributed by atoms with Crippen molar-refractivity contribution >= 4 is 44.4 Å². The Morgan fingerprint density at radius 1 is 1.06 bits per heavy atom. The highest BCUT2D eigenvalue weighted by molar-refractivity contribution is 7.99. The molecule has 4 aromatic rings. The number of benzene rings is 3. The summed E-state index contributed by atoms with van der Waals surface area (Å²) >= 11 is 3.27. The van der Waals surface area contributed by atoms with Crippen molar-refractivity contribution in [3.63, 3.8) is 0 Å². The summed E-state index contributed by atoms with van der Waals surface area (Å²) in [6.45, 7) is 4.70. The molecule has 6 heteroatoms. The number of thioether (sulfide) groups is 1. The molecule has 0 saturated heterocycles. The van der Waals surface area contributed by atoms with E-state index in [1.54, 1.807) is 30.2 Å². The van der Waals surface area contributed by atoms with Crippen molar-refractivity contribution in [2.75, 3.05) is 17.8 Å². The van der Waals surface area contributed by atoms with Crippen LogP contribution in [0.4, 0.5) is 5.13 Å². The van der Waals surface area contributed by atoms with E-state index < -0.39 is 0 Å². The molecule has 0 saturated carbocycles. The summed E-state index contributed by atoms with van der Waals surface area (Å²) in [4.78, 5) is 21.1. The molecule has 0 radical (unpaired) electrons. The summed E-state index contributed by atoms with van der Waals surface area (Å²) in [5, 5.41) is 0.761. The molecule has 1 amide bonds. The Bertz CT molecular complexity index is 1200. The number of hydrogen-bond donors (Lipinski definition) is 0. The molecule has 32 heavy (non-hydrogen) atoms. The summed E-state index contributed by atoms with van der Waals surface area (Å²) in [6.07, 6.45) is 0.442. The number of fused-ring (bicyclic) bond motifs is 1. The van der Waals surface area contributed by atoms with E-state index in [0.717, 1.165) is 31.6 Å². The molecule has 0 N–H and O–H groups in total. The lowest BCUT2D eigenvalue weighted by Gasteiger charge is -2.20. The van der Waals surface area contributed by atoms with Gasteiger partial charge < -0.3 is 4.74 Å². The first-order valence-electron chi connectivity index (χ1n) is 10.5. The maximum atomic E-state index is 13.3. The highest BCUT2D eigenvalue weighted by Crippen LogP contribution is 2.33. The Morgan fingerprint density at radius 3 is 2.53 bits per heavy atom. The molecule has 0 aliphatic rings. The van der Waals surface area contributed by atoms with E-state index in [9.17, 15) is 4.79 Å². The number of carbonyl (C=O) groups excluding carboxylic acids is 1. The lowest BCUT2D eigenvalue weighted by Crippen LogP contribution is -2.30. The Balaban J connectivity index is 1.53. The Morgan fingerprint density at radius 2 is 1.81 bits per heavy atom. The van der Waals surface area contributed by atoms with E-state index in [-0.39, 0.29) is 5.91 Å². The fourth-order valence-electron chi connectivity index (χ4n) is 3.57. The molecule has 0 aliphatic carbocycles. The van der Waals surface area contributed by atoms with Crippen LogP contribution in [0, 0.1) is 13.8 Å². The van der Waals surface area contributed by atoms with E-state index in [1.165, 1.54) is 11.1 Å². The maximum Gasteiger partial charge on any atom is 0.229 e. The summed E-state index contributed by atoms with van der Waals surface area (Å²) < 4.78 is 6.36. The van der Waals surface area contributed by atoms with Crippen LogP contribution >= 0.6 is 23.1 Å². The van der Waals surface area contributed by atoms with E-state index >= 15 is 0 Å². The smallest absolute Gasteiger partial charge is 0.229 e. The Hall–Kier alpha value is -2.83. The number of thiazole rings is 1. The Kier molecular flexibility index (Phi) is 7.12. The minimum absolute atomic E-state index is 0.0864. The van der Waals surface area contributed by atoms with Gasteiger partial charge in [-0.1, -0.05) is 47.7 Å². The van der Waals surface area contributed by atoms with Crippen molar-refractivity contribution in [2.45, 2.75) is 31.7 Å². The van der Waals surface area contributed by atoms with Gasteiger partial charge in [0.05, 0.1) is 23.9 Å². The second-order valence-corrected chi connectivity index (χ2v) is 9.81. The molecule has 0 atom stereocenters. The van der Waals surface area contributed by atoms with Crippen LogP contribution in [0.3, 0.4) is 0 Å². The molecule has 4 rings (SSSR count). The van der Waals surface area contributed by atoms with E-state index in [2.05, 4.69) is 38.1 Å². The quantitative estimate of drug-likeness (QED) is 0.275. The second kappa shape index (κ2) is 10.2. The van der Waals surface area contributed by atoms with E-state index in [4.69, 9.17) is 9.72 Å². The van der Waals surface area contributed by atoms with Crippen LogP contribution < -0.4 is 9.64 Å². The number of nitrogens with zero attached hydrogens (tertiary/aromatic N) is 2. The van der Waals surface area contributed by atoms with Crippen LogP contribution in [0.2, 0.25) is 0 Å². The standard InChI is InChI=1S/C26H26N2O2S2/c1-18-15-19(2)25-23(16-18)27-26(32-25)28(17-20-7-5-4-6-8-20)24(29)13-14-31-22-11-9-21(30-3)10-12-22/h4-12,15-16H,13-14,17H2,1-3H3. The zero-order valence-corrected chi connectivity index (χ0v) is 20.1. The first kappa shape index (κ1) is 22.4. The number of methoxy groups -OCH3 is 1. The average Bonchev–Trinajstić information content (AvgIpc) is 3.22. The van der Waals surface area contributed by atoms with Gasteiger partial charge in [-0.15, -0.1) is 11.8 Å². The monoisotopic (exact) mass is 462 g/mol. The number of carbonyl (C=O) groups is 1. The third-order valence-corrected chi connectivity index (χ3v) is 7.41. The van der Waals surface area contributed by atoms with Crippen molar-refractivity contribution in [1.29, 1.82) is 0 Å². The second-order valence-electron chi connectivity index (χ2n) is 7.67. The van der Waals surface area contributed by atoms with Crippen LogP contribution in [0.5, 0.6) is 5.75 Å². The van der Waals surface area contributed by atoms with E-state index in [1.807, 2.05) is 47.4 Å². The van der Waals surface area contributed by atoms with Crippen molar-refractivity contribution in [2.24, 2.45) is 0 Å². The van der Waals surface area contributed by atoms with Crippen LogP contribution in [-0.4, -0.2) is 23.8 Å². The van der Waals surface area contributed by atoms with Crippen molar-refractivity contribution in [3.05, 3.63) is 83.4 Å². The van der Waals surface area contributed by atoms with Crippen LogP contribution in [-0.2, 0) is 11.3 Å². The SMILES string of the molecule is COc1ccc(SCCC(=O)N(Cc2ccccc2)c2nc3cc(C)cc(C)c3s2)cc1. The number of aryl methyl sites for hydroxylation is 2. The van der Waals surface area contributed by atoms with Crippen LogP contribution in [0.25, 0.3) is 10.2 Å². The number of ether oxygens (including phenoxy) is 1. The molecular weight excluding hydrogens is 436 g/mol. The average molecular weight is 463 g/mol. The maximum absolute atomic E-state index is 13.3. The minimum Gasteiger partial charge on any atom is -0.497 e. The van der Waals surface area contributed by atoms with Crippen LogP contribution in [0.1, 0.15) is 23.1 Å². The number of rotatable bonds is 8. The van der Waals surface area contributed by atoms with Gasteiger partial charge in [-0.05, 0) is 60.9 Å². The highest BCUT2D eigenvalue weighted by Gasteiger charge is 2.21. The van der Waals surface area contributed by atoms with Gasteiger partial charge in [0.2, 0.25) is 5.91 Å². The van der Waals surface area contributed by atoms with Crippen molar-refractivity contribution < 1.29 is 9.53 Å². The molecule has 1 aromatic heterocycles. The zero-order chi connectivity index (χ0) is 22.5. The molecule has 0 unspecified atom stereocenters. The fourth-order valence-corrected chi connectivity index (χ4v) is 5.45. The van der Waals surface area contributed by atoms with Crippen molar-refractivity contribution in [3.8, 4) is 5.75 Å². The molecular formula is C26H26N2O2S2. The topological polar surface area (TPSA) is 42.4 Å². The van der Waals surface area contributed by atoms with E-state index in [0.29, 0.717) is 18.7 Å².